The van der Waals surface area contributed by atoms with Crippen LogP contribution in [-0.2, 0) is 32.9 Å². The van der Waals surface area contributed by atoms with E-state index in [4.69, 9.17) is 4.74 Å². The second kappa shape index (κ2) is 11.1. The first-order chi connectivity index (χ1) is 20.3. The Bertz CT molecular complexity index is 1590. The SMILES string of the molecule is CNC(=O)c1ccc(-c2ccc3c(c2)CC[C@@]32OC(=O)N(CC(=O)N(Cc3ccc(F)cc3)C(C)C(F)(F)F)C2=O)cn1. The van der Waals surface area contributed by atoms with Crippen LogP contribution in [0.25, 0.3) is 11.1 Å². The zero-order chi connectivity index (χ0) is 31.1. The number of hydrogen-bond acceptors (Lipinski definition) is 6. The van der Waals surface area contributed by atoms with E-state index in [0.29, 0.717) is 32.9 Å². The zero-order valence-electron chi connectivity index (χ0n) is 23.1. The molecule has 1 saturated heterocycles. The molecule has 9 nitrogen and oxygen atoms in total. The van der Waals surface area contributed by atoms with Gasteiger partial charge in [0.05, 0.1) is 0 Å². The van der Waals surface area contributed by atoms with Crippen LogP contribution in [0.15, 0.2) is 60.8 Å². The zero-order valence-corrected chi connectivity index (χ0v) is 23.1. The van der Waals surface area contributed by atoms with Crippen molar-refractivity contribution in [2.75, 3.05) is 13.6 Å². The number of halogens is 4. The van der Waals surface area contributed by atoms with Gasteiger partial charge >= 0.3 is 12.3 Å². The molecule has 5 rings (SSSR count). The van der Waals surface area contributed by atoms with Crippen LogP contribution in [0.1, 0.15) is 40.5 Å². The number of aryl methyl sites for hydroxylation is 1. The van der Waals surface area contributed by atoms with Crippen LogP contribution < -0.4 is 5.32 Å². The van der Waals surface area contributed by atoms with E-state index >= 15 is 0 Å². The number of imide groups is 1. The van der Waals surface area contributed by atoms with Gasteiger partial charge in [-0.3, -0.25) is 19.4 Å². The van der Waals surface area contributed by atoms with Crippen molar-refractivity contribution < 1.29 is 41.5 Å². The summed E-state index contributed by atoms with van der Waals surface area (Å²) >= 11 is 0. The number of hydrogen-bond donors (Lipinski definition) is 1. The van der Waals surface area contributed by atoms with Crippen molar-refractivity contribution in [2.24, 2.45) is 0 Å². The van der Waals surface area contributed by atoms with Crippen molar-refractivity contribution in [1.82, 2.24) is 20.1 Å². The quantitative estimate of drug-likeness (QED) is 0.406. The number of carbonyl (C=O) groups is 4. The summed E-state index contributed by atoms with van der Waals surface area (Å²) in [4.78, 5) is 56.7. The first kappa shape index (κ1) is 29.7. The first-order valence-electron chi connectivity index (χ1n) is 13.3. The van der Waals surface area contributed by atoms with Crippen LogP contribution in [0.5, 0.6) is 0 Å². The summed E-state index contributed by atoms with van der Waals surface area (Å²) < 4.78 is 59.9. The van der Waals surface area contributed by atoms with Crippen LogP contribution in [0.2, 0.25) is 0 Å². The Balaban J connectivity index is 1.37. The molecule has 1 aromatic heterocycles. The molecule has 1 spiro atoms. The Morgan fingerprint density at radius 3 is 2.42 bits per heavy atom. The number of nitrogens with zero attached hydrogens (tertiary/aromatic N) is 3. The number of fused-ring (bicyclic) bond motifs is 2. The molecule has 1 aliphatic heterocycles. The van der Waals surface area contributed by atoms with Crippen molar-refractivity contribution in [1.29, 1.82) is 0 Å². The molecular weight excluding hydrogens is 572 g/mol. The fourth-order valence-electron chi connectivity index (χ4n) is 5.29. The summed E-state index contributed by atoms with van der Waals surface area (Å²) in [7, 11) is 1.50. The number of ether oxygens (including phenoxy) is 1. The molecule has 1 aliphatic carbocycles. The third-order valence-corrected chi connectivity index (χ3v) is 7.74. The maximum absolute atomic E-state index is 13.7. The lowest BCUT2D eigenvalue weighted by atomic mass is 9.93. The molecule has 1 fully saturated rings. The Kier molecular flexibility index (Phi) is 7.67. The lowest BCUT2D eigenvalue weighted by Crippen LogP contribution is -2.51. The highest BCUT2D eigenvalue weighted by Crippen LogP contribution is 2.46. The van der Waals surface area contributed by atoms with Gasteiger partial charge in [-0.1, -0.05) is 36.4 Å². The molecule has 1 unspecified atom stereocenters. The van der Waals surface area contributed by atoms with E-state index in [2.05, 4.69) is 10.3 Å². The molecule has 2 aliphatic rings. The van der Waals surface area contributed by atoms with E-state index in [1.807, 2.05) is 6.07 Å². The van der Waals surface area contributed by atoms with E-state index in [-0.39, 0.29) is 23.6 Å². The standard InChI is InChI=1S/C30H26F4N4O5/c1-17(30(32,33)34)37(15-18-3-7-22(31)8-4-18)25(39)16-38-27(41)29(43-28(38)42)12-11-20-13-19(5-9-23(20)29)21-6-10-24(36-14-21)26(40)35-2/h3-10,13-14,17H,11-12,15-16H2,1-2H3,(H,35,40)/t17?,29-/m1/s1. The minimum absolute atomic E-state index is 0.0904. The van der Waals surface area contributed by atoms with Crippen LogP contribution >= 0.6 is 0 Å². The van der Waals surface area contributed by atoms with Crippen molar-refractivity contribution >= 4 is 23.8 Å². The normalized spacial score (nSPS) is 18.4. The lowest BCUT2D eigenvalue weighted by molar-refractivity contribution is -0.187. The highest BCUT2D eigenvalue weighted by Gasteiger charge is 2.58. The third-order valence-electron chi connectivity index (χ3n) is 7.74. The van der Waals surface area contributed by atoms with Gasteiger partial charge in [0.2, 0.25) is 11.5 Å². The largest absolute Gasteiger partial charge is 0.427 e. The van der Waals surface area contributed by atoms with E-state index in [0.717, 1.165) is 24.6 Å². The number of rotatable bonds is 7. The summed E-state index contributed by atoms with van der Waals surface area (Å²) in [5, 5.41) is 2.49. The number of amides is 4. The Hall–Kier alpha value is -4.81. The van der Waals surface area contributed by atoms with Gasteiger partial charge in [0.15, 0.2) is 0 Å². The van der Waals surface area contributed by atoms with Crippen LogP contribution in [-0.4, -0.2) is 64.4 Å². The van der Waals surface area contributed by atoms with E-state index in [9.17, 15) is 36.7 Å². The predicted molar refractivity (Wildman–Crippen MR) is 144 cm³/mol. The summed E-state index contributed by atoms with van der Waals surface area (Å²) in [5.74, 6) is -2.90. The monoisotopic (exact) mass is 598 g/mol. The van der Waals surface area contributed by atoms with Gasteiger partial charge in [-0.2, -0.15) is 13.2 Å². The maximum Gasteiger partial charge on any atom is 0.418 e. The first-order valence-corrected chi connectivity index (χ1v) is 13.3. The van der Waals surface area contributed by atoms with Crippen LogP contribution in [0, 0.1) is 5.82 Å². The fraction of sp³-hybridized carbons (Fsp3) is 0.300. The van der Waals surface area contributed by atoms with Gasteiger partial charge in [0, 0.05) is 37.3 Å². The smallest absolute Gasteiger partial charge is 0.418 e. The van der Waals surface area contributed by atoms with Crippen molar-refractivity contribution in [3.05, 3.63) is 89.0 Å². The van der Waals surface area contributed by atoms with Gasteiger partial charge in [-0.05, 0) is 48.2 Å². The molecule has 4 amide bonds. The molecule has 2 aromatic carbocycles. The molecule has 3 aromatic rings. The second-order valence-electron chi connectivity index (χ2n) is 10.3. The number of aromatic nitrogens is 1. The molecule has 0 radical (unpaired) electrons. The summed E-state index contributed by atoms with van der Waals surface area (Å²) in [6.07, 6.45) is -3.95. The van der Waals surface area contributed by atoms with E-state index in [1.54, 1.807) is 24.3 Å². The highest BCUT2D eigenvalue weighted by atomic mass is 19.4. The highest BCUT2D eigenvalue weighted by molar-refractivity contribution is 6.06. The fourth-order valence-corrected chi connectivity index (χ4v) is 5.29. The van der Waals surface area contributed by atoms with E-state index < -0.39 is 54.6 Å². The summed E-state index contributed by atoms with van der Waals surface area (Å²) in [5.41, 5.74) is 1.36. The summed E-state index contributed by atoms with van der Waals surface area (Å²) in [6, 6.07) is 10.8. The van der Waals surface area contributed by atoms with Crippen molar-refractivity contribution in [2.45, 2.75) is 44.1 Å². The number of carbonyl (C=O) groups excluding carboxylic acids is 4. The molecule has 0 bridgehead atoms. The molecule has 13 heteroatoms. The number of alkyl halides is 3. The van der Waals surface area contributed by atoms with Gasteiger partial charge in [-0.15, -0.1) is 0 Å². The molecule has 1 N–H and O–H groups in total. The predicted octanol–water partition coefficient (Wildman–Crippen LogP) is 4.35. The molecule has 224 valence electrons. The number of benzene rings is 2. The second-order valence-corrected chi connectivity index (χ2v) is 10.3. The van der Waals surface area contributed by atoms with Crippen molar-refractivity contribution in [3.8, 4) is 11.1 Å². The maximum atomic E-state index is 13.7. The Morgan fingerprint density at radius 1 is 1.09 bits per heavy atom. The number of pyridine rings is 1. The molecule has 2 heterocycles. The average Bonchev–Trinajstić information content (AvgIpc) is 3.47. The van der Waals surface area contributed by atoms with Gasteiger partial charge < -0.3 is 15.0 Å². The number of nitrogens with one attached hydrogen (secondary N) is 1. The Labute approximate surface area is 243 Å². The van der Waals surface area contributed by atoms with Crippen LogP contribution in [0.4, 0.5) is 22.4 Å². The third kappa shape index (κ3) is 5.54. The Morgan fingerprint density at radius 2 is 1.79 bits per heavy atom. The van der Waals surface area contributed by atoms with Gasteiger partial charge in [0.1, 0.15) is 24.1 Å². The lowest BCUT2D eigenvalue weighted by Gasteiger charge is -2.31. The van der Waals surface area contributed by atoms with Gasteiger partial charge in [-0.25, -0.2) is 14.1 Å². The molecule has 2 atom stereocenters. The van der Waals surface area contributed by atoms with E-state index in [1.165, 1.54) is 25.4 Å². The topological polar surface area (TPSA) is 109 Å². The summed E-state index contributed by atoms with van der Waals surface area (Å²) in [6.45, 7) is -0.691. The minimum atomic E-state index is -4.80. The molecule has 43 heavy (non-hydrogen) atoms. The van der Waals surface area contributed by atoms with Crippen LogP contribution in [0.3, 0.4) is 0 Å². The van der Waals surface area contributed by atoms with Crippen molar-refractivity contribution in [3.63, 3.8) is 0 Å². The molecular formula is C30H26F4N4O5. The minimum Gasteiger partial charge on any atom is -0.427 e. The average molecular weight is 599 g/mol. The molecule has 0 saturated carbocycles. The van der Waals surface area contributed by atoms with Gasteiger partial charge in [0.25, 0.3) is 11.8 Å².